The van der Waals surface area contributed by atoms with E-state index in [1.807, 2.05) is 20.8 Å². The first-order valence-corrected chi connectivity index (χ1v) is 14.9. The SMILES string of the molecule is CC(C)(C)CC[C@@]1(C)C(=O)C(C2=NS(=O)(=O)c3cc(NS(C)(=O)=O)ccc3N2)C(=O)c2cc(F)ccc21. The highest BCUT2D eigenvalue weighted by molar-refractivity contribution is 7.92. The number of carbonyl (C=O) groups excluding carboxylic acids is 2. The van der Waals surface area contributed by atoms with Crippen molar-refractivity contribution in [2.75, 3.05) is 16.3 Å². The number of Topliss-reactive ketones (excluding diaryl/α,β-unsaturated/α-hetero) is 2. The summed E-state index contributed by atoms with van der Waals surface area (Å²) in [6, 6.07) is 7.47. The van der Waals surface area contributed by atoms with E-state index in [0.717, 1.165) is 18.4 Å². The molecule has 2 aromatic carbocycles. The van der Waals surface area contributed by atoms with Crippen molar-refractivity contribution in [2.24, 2.45) is 15.7 Å². The molecule has 37 heavy (non-hydrogen) atoms. The van der Waals surface area contributed by atoms with Gasteiger partial charge in [0.25, 0.3) is 10.0 Å². The van der Waals surface area contributed by atoms with Crippen molar-refractivity contribution < 1.29 is 30.8 Å². The van der Waals surface area contributed by atoms with Crippen molar-refractivity contribution in [3.8, 4) is 0 Å². The zero-order valence-electron chi connectivity index (χ0n) is 21.0. The Hall–Kier alpha value is -3.12. The highest BCUT2D eigenvalue weighted by atomic mass is 32.2. The molecule has 1 heterocycles. The molecule has 9 nitrogen and oxygen atoms in total. The van der Waals surface area contributed by atoms with Crippen LogP contribution in [0.1, 0.15) is 56.5 Å². The molecule has 1 aliphatic carbocycles. The van der Waals surface area contributed by atoms with Gasteiger partial charge in [0.2, 0.25) is 10.0 Å². The maximum Gasteiger partial charge on any atom is 0.286 e. The monoisotopic (exact) mass is 549 g/mol. The van der Waals surface area contributed by atoms with Gasteiger partial charge in [0.05, 0.1) is 17.4 Å². The maximum absolute atomic E-state index is 14.2. The summed E-state index contributed by atoms with van der Waals surface area (Å²) in [5.41, 5.74) is -0.866. The standard InChI is InChI=1S/C25H28FN3O6S2/c1-24(2,3)10-11-25(4)17-8-6-14(26)12-16(17)21(30)20(22(25)31)23-27-18-9-7-15(28-36(5,32)33)13-19(18)37(34,35)29-23/h6-9,12-13,20,28H,10-11H2,1-5H3,(H,27,29)/t20?,25-/m1/s1. The minimum absolute atomic E-state index is 0.00857. The van der Waals surface area contributed by atoms with Gasteiger partial charge in [0.1, 0.15) is 22.5 Å². The number of anilines is 2. The number of hydrogen-bond acceptors (Lipinski definition) is 7. The third-order valence-electron chi connectivity index (χ3n) is 6.60. The van der Waals surface area contributed by atoms with Crippen LogP contribution in [-0.4, -0.2) is 40.5 Å². The zero-order valence-corrected chi connectivity index (χ0v) is 22.7. The molecule has 198 valence electrons. The molecule has 0 spiro atoms. The van der Waals surface area contributed by atoms with Crippen LogP contribution in [-0.2, 0) is 30.3 Å². The lowest BCUT2D eigenvalue weighted by molar-refractivity contribution is -0.125. The Labute approximate surface area is 215 Å². The first-order chi connectivity index (χ1) is 16.9. The number of rotatable bonds is 5. The minimum atomic E-state index is -4.41. The highest BCUT2D eigenvalue weighted by Gasteiger charge is 2.52. The fourth-order valence-electron chi connectivity index (χ4n) is 4.64. The highest BCUT2D eigenvalue weighted by Crippen LogP contribution is 2.44. The maximum atomic E-state index is 14.2. The molecule has 0 saturated heterocycles. The van der Waals surface area contributed by atoms with Crippen molar-refractivity contribution in [1.29, 1.82) is 0 Å². The Balaban J connectivity index is 1.81. The van der Waals surface area contributed by atoms with Crippen molar-refractivity contribution in [1.82, 2.24) is 0 Å². The van der Waals surface area contributed by atoms with Crippen molar-refractivity contribution in [3.63, 3.8) is 0 Å². The Morgan fingerprint density at radius 2 is 1.81 bits per heavy atom. The third kappa shape index (κ3) is 5.17. The van der Waals surface area contributed by atoms with Crippen molar-refractivity contribution in [3.05, 3.63) is 53.3 Å². The third-order valence-corrected chi connectivity index (χ3v) is 8.54. The summed E-state index contributed by atoms with van der Waals surface area (Å²) < 4.78 is 69.4. The van der Waals surface area contributed by atoms with E-state index in [1.165, 1.54) is 24.3 Å². The van der Waals surface area contributed by atoms with Crippen LogP contribution in [0, 0.1) is 17.2 Å². The number of nitrogens with zero attached hydrogens (tertiary/aromatic N) is 1. The summed E-state index contributed by atoms with van der Waals surface area (Å²) in [5, 5.41) is 2.79. The van der Waals surface area contributed by atoms with Crippen LogP contribution in [0.25, 0.3) is 0 Å². The fraction of sp³-hybridized carbons (Fsp3) is 0.400. The van der Waals surface area contributed by atoms with E-state index < -0.39 is 48.8 Å². The number of ketones is 2. The van der Waals surface area contributed by atoms with E-state index in [1.54, 1.807) is 6.92 Å². The van der Waals surface area contributed by atoms with Crippen molar-refractivity contribution >= 4 is 48.8 Å². The van der Waals surface area contributed by atoms with Crippen LogP contribution in [0.5, 0.6) is 0 Å². The van der Waals surface area contributed by atoms with Gasteiger partial charge in [-0.2, -0.15) is 8.42 Å². The average Bonchev–Trinajstić information content (AvgIpc) is 2.75. The van der Waals surface area contributed by atoms with Crippen LogP contribution in [0.15, 0.2) is 45.7 Å². The number of hydrogen-bond donors (Lipinski definition) is 2. The van der Waals surface area contributed by atoms with Gasteiger partial charge in [0, 0.05) is 11.3 Å². The lowest BCUT2D eigenvalue weighted by Crippen LogP contribution is -2.51. The molecule has 0 bridgehead atoms. The number of halogens is 1. The molecule has 1 aliphatic heterocycles. The molecule has 2 N–H and O–H groups in total. The lowest BCUT2D eigenvalue weighted by Gasteiger charge is -2.39. The van der Waals surface area contributed by atoms with E-state index in [9.17, 15) is 30.8 Å². The van der Waals surface area contributed by atoms with Gasteiger partial charge < -0.3 is 5.32 Å². The largest absolute Gasteiger partial charge is 0.341 e. The van der Waals surface area contributed by atoms with E-state index in [2.05, 4.69) is 14.4 Å². The van der Waals surface area contributed by atoms with Crippen LogP contribution >= 0.6 is 0 Å². The molecule has 4 rings (SSSR count). The van der Waals surface area contributed by atoms with Gasteiger partial charge in [-0.1, -0.05) is 26.8 Å². The van der Waals surface area contributed by atoms with E-state index in [0.29, 0.717) is 18.4 Å². The van der Waals surface area contributed by atoms with E-state index in [-0.39, 0.29) is 33.1 Å². The molecular formula is C25H28FN3O6S2. The molecule has 2 aliphatic rings. The van der Waals surface area contributed by atoms with Crippen molar-refractivity contribution in [2.45, 2.75) is 50.8 Å². The summed E-state index contributed by atoms with van der Waals surface area (Å²) >= 11 is 0. The smallest absolute Gasteiger partial charge is 0.286 e. The van der Waals surface area contributed by atoms with E-state index >= 15 is 0 Å². The summed E-state index contributed by atoms with van der Waals surface area (Å²) in [6.07, 6.45) is 1.89. The van der Waals surface area contributed by atoms with Gasteiger partial charge in [-0.15, -0.1) is 4.40 Å². The zero-order chi connectivity index (χ0) is 27.6. The quantitative estimate of drug-likeness (QED) is 0.540. The second-order valence-corrected chi connectivity index (χ2v) is 14.2. The first-order valence-electron chi connectivity index (χ1n) is 11.5. The topological polar surface area (TPSA) is 139 Å². The van der Waals surface area contributed by atoms with Gasteiger partial charge in [-0.05, 0) is 61.1 Å². The van der Waals surface area contributed by atoms with Gasteiger partial charge in [-0.25, -0.2) is 12.8 Å². The molecule has 0 amide bonds. The van der Waals surface area contributed by atoms with Gasteiger partial charge >= 0.3 is 0 Å². The lowest BCUT2D eigenvalue weighted by atomic mass is 9.62. The number of benzene rings is 2. The molecule has 1 unspecified atom stereocenters. The second-order valence-electron chi connectivity index (χ2n) is 10.9. The Kier molecular flexibility index (Phi) is 6.35. The number of nitrogens with one attached hydrogen (secondary N) is 2. The van der Waals surface area contributed by atoms with Gasteiger partial charge in [0.15, 0.2) is 11.6 Å². The normalized spacial score (nSPS) is 23.0. The summed E-state index contributed by atoms with van der Waals surface area (Å²) in [7, 11) is -8.08. The molecule has 0 radical (unpaired) electrons. The predicted molar refractivity (Wildman–Crippen MR) is 138 cm³/mol. The number of amidine groups is 1. The van der Waals surface area contributed by atoms with Crippen LogP contribution in [0.2, 0.25) is 0 Å². The predicted octanol–water partition coefficient (Wildman–Crippen LogP) is 3.88. The van der Waals surface area contributed by atoms with Gasteiger partial charge in [-0.3, -0.25) is 14.3 Å². The van der Waals surface area contributed by atoms with Crippen LogP contribution in [0.3, 0.4) is 0 Å². The Morgan fingerprint density at radius 1 is 1.14 bits per heavy atom. The molecule has 2 aromatic rings. The molecule has 12 heteroatoms. The number of sulfonamides is 2. The van der Waals surface area contributed by atoms with E-state index in [4.69, 9.17) is 0 Å². The molecule has 0 fully saturated rings. The van der Waals surface area contributed by atoms with Crippen LogP contribution in [0.4, 0.5) is 15.8 Å². The molecule has 0 saturated carbocycles. The average molecular weight is 550 g/mol. The summed E-state index contributed by atoms with van der Waals surface area (Å²) in [4.78, 5) is 27.2. The summed E-state index contributed by atoms with van der Waals surface area (Å²) in [5.74, 6) is -3.88. The molecular weight excluding hydrogens is 521 g/mol. The molecule has 2 atom stereocenters. The van der Waals surface area contributed by atoms with Crippen LogP contribution < -0.4 is 10.0 Å². The Morgan fingerprint density at radius 3 is 2.43 bits per heavy atom. The molecule has 0 aromatic heterocycles. The first kappa shape index (κ1) is 26.9. The minimum Gasteiger partial charge on any atom is -0.341 e. The summed E-state index contributed by atoms with van der Waals surface area (Å²) in [6.45, 7) is 7.73. The second kappa shape index (κ2) is 8.73. The Bertz CT molecular complexity index is 1580. The number of fused-ring (bicyclic) bond motifs is 2. The fourth-order valence-corrected chi connectivity index (χ4v) is 6.38. The number of carbonyl (C=O) groups is 2.